The average molecular weight is 353 g/mol. The van der Waals surface area contributed by atoms with Gasteiger partial charge in [-0.25, -0.2) is 0 Å². The number of carbonyl (C=O) groups excluding carboxylic acids is 1. The predicted octanol–water partition coefficient (Wildman–Crippen LogP) is 3.84. The Morgan fingerprint density at radius 1 is 1.22 bits per heavy atom. The van der Waals surface area contributed by atoms with Gasteiger partial charge in [-0.05, 0) is 35.7 Å². The smallest absolute Gasteiger partial charge is 0.230 e. The number of rotatable bonds is 6. The molecule has 3 N–H and O–H groups in total. The summed E-state index contributed by atoms with van der Waals surface area (Å²) in [4.78, 5) is 13.3. The van der Waals surface area contributed by atoms with E-state index in [9.17, 15) is 4.79 Å². The first-order valence-corrected chi connectivity index (χ1v) is 8.56. The van der Waals surface area contributed by atoms with Gasteiger partial charge in [0.15, 0.2) is 0 Å². The van der Waals surface area contributed by atoms with Gasteiger partial charge in [-0.15, -0.1) is 24.2 Å². The van der Waals surface area contributed by atoms with Crippen LogP contribution in [0.5, 0.6) is 0 Å². The number of benzene rings is 2. The largest absolute Gasteiger partial charge is 0.349 e. The number of hydrogen-bond acceptors (Lipinski definition) is 3. The minimum atomic E-state index is -0.346. The van der Waals surface area contributed by atoms with Crippen molar-refractivity contribution in [3.8, 4) is 0 Å². The van der Waals surface area contributed by atoms with Gasteiger partial charge in [0.05, 0.1) is 11.3 Å². The fourth-order valence-corrected chi connectivity index (χ4v) is 2.94. The zero-order valence-electron chi connectivity index (χ0n) is 13.8. The number of fused-ring (bicyclic) bond motifs is 1. The summed E-state index contributed by atoms with van der Waals surface area (Å²) in [5, 5.41) is 5.48. The SMILES string of the molecule is CC(C)C(C)(CN)NC(=O)CSc1ccc2ccccc2c1.Cl. The number of hydrogen-bond donors (Lipinski definition) is 2. The van der Waals surface area contributed by atoms with E-state index in [-0.39, 0.29) is 23.9 Å². The van der Waals surface area contributed by atoms with Crippen molar-refractivity contribution in [1.82, 2.24) is 5.32 Å². The van der Waals surface area contributed by atoms with Gasteiger partial charge in [0, 0.05) is 11.4 Å². The molecule has 3 nitrogen and oxygen atoms in total. The number of halogens is 1. The monoisotopic (exact) mass is 352 g/mol. The highest BCUT2D eigenvalue weighted by molar-refractivity contribution is 8.00. The summed E-state index contributed by atoms with van der Waals surface area (Å²) in [6.07, 6.45) is 0. The quantitative estimate of drug-likeness (QED) is 0.776. The van der Waals surface area contributed by atoms with E-state index in [4.69, 9.17) is 5.73 Å². The standard InChI is InChI=1S/C18H24N2OS.ClH/c1-13(2)18(3,12-19)20-17(21)11-22-16-9-8-14-6-4-5-7-15(14)10-16;/h4-10,13H,11-12,19H2,1-3H3,(H,20,21);1H. The molecule has 0 saturated heterocycles. The molecule has 0 aliphatic carbocycles. The third kappa shape index (κ3) is 5.13. The maximum absolute atomic E-state index is 12.2. The van der Waals surface area contributed by atoms with Gasteiger partial charge in [0.2, 0.25) is 5.91 Å². The molecule has 1 amide bonds. The second-order valence-electron chi connectivity index (χ2n) is 6.12. The Bertz CT molecular complexity index is 662. The van der Waals surface area contributed by atoms with Crippen molar-refractivity contribution in [3.63, 3.8) is 0 Å². The molecule has 126 valence electrons. The van der Waals surface area contributed by atoms with E-state index in [1.54, 1.807) is 11.8 Å². The molecule has 2 rings (SSSR count). The highest BCUT2D eigenvalue weighted by Gasteiger charge is 2.28. The highest BCUT2D eigenvalue weighted by atomic mass is 35.5. The van der Waals surface area contributed by atoms with Crippen molar-refractivity contribution in [2.45, 2.75) is 31.2 Å². The lowest BCUT2D eigenvalue weighted by atomic mass is 9.88. The van der Waals surface area contributed by atoms with Gasteiger partial charge in [-0.2, -0.15) is 0 Å². The Balaban J connectivity index is 0.00000264. The van der Waals surface area contributed by atoms with E-state index in [2.05, 4.69) is 49.5 Å². The summed E-state index contributed by atoms with van der Waals surface area (Å²) < 4.78 is 0. The zero-order chi connectivity index (χ0) is 16.2. The predicted molar refractivity (Wildman–Crippen MR) is 102 cm³/mol. The molecule has 0 aliphatic heterocycles. The molecule has 23 heavy (non-hydrogen) atoms. The molecule has 0 radical (unpaired) electrons. The van der Waals surface area contributed by atoms with Crippen LogP contribution in [-0.2, 0) is 4.79 Å². The number of thioether (sulfide) groups is 1. The fourth-order valence-electron chi connectivity index (χ4n) is 2.19. The molecule has 2 aromatic rings. The molecule has 0 aromatic heterocycles. The van der Waals surface area contributed by atoms with Crippen LogP contribution in [0, 0.1) is 5.92 Å². The molecule has 0 aliphatic rings. The summed E-state index contributed by atoms with van der Waals surface area (Å²) in [7, 11) is 0. The average Bonchev–Trinajstić information content (AvgIpc) is 2.52. The molecule has 2 aromatic carbocycles. The maximum atomic E-state index is 12.2. The van der Waals surface area contributed by atoms with E-state index in [0.717, 1.165) is 4.90 Å². The van der Waals surface area contributed by atoms with Gasteiger partial charge in [0.1, 0.15) is 0 Å². The molecular weight excluding hydrogens is 328 g/mol. The van der Waals surface area contributed by atoms with Gasteiger partial charge in [0.25, 0.3) is 0 Å². The Hall–Kier alpha value is -1.23. The molecule has 0 fully saturated rings. The van der Waals surface area contributed by atoms with Crippen LogP contribution < -0.4 is 11.1 Å². The van der Waals surface area contributed by atoms with Gasteiger partial charge in [-0.3, -0.25) is 4.79 Å². The van der Waals surface area contributed by atoms with Crippen molar-refractivity contribution in [2.75, 3.05) is 12.3 Å². The van der Waals surface area contributed by atoms with Crippen molar-refractivity contribution < 1.29 is 4.79 Å². The minimum absolute atomic E-state index is 0. The van der Waals surface area contributed by atoms with Crippen LogP contribution in [-0.4, -0.2) is 23.7 Å². The van der Waals surface area contributed by atoms with Crippen LogP contribution in [0.1, 0.15) is 20.8 Å². The first kappa shape index (κ1) is 19.8. The lowest BCUT2D eigenvalue weighted by molar-refractivity contribution is -0.120. The number of amides is 1. The fraction of sp³-hybridized carbons (Fsp3) is 0.389. The molecule has 0 saturated carbocycles. The van der Waals surface area contributed by atoms with Gasteiger partial charge >= 0.3 is 0 Å². The van der Waals surface area contributed by atoms with E-state index < -0.39 is 0 Å². The third-order valence-electron chi connectivity index (χ3n) is 4.21. The molecule has 0 heterocycles. The van der Waals surface area contributed by atoms with Crippen molar-refractivity contribution >= 4 is 40.8 Å². The summed E-state index contributed by atoms with van der Waals surface area (Å²) in [6, 6.07) is 14.5. The second kappa shape index (κ2) is 8.57. The van der Waals surface area contributed by atoms with Crippen molar-refractivity contribution in [2.24, 2.45) is 11.7 Å². The Morgan fingerprint density at radius 2 is 1.87 bits per heavy atom. The molecule has 0 bridgehead atoms. The van der Waals surface area contributed by atoms with Gasteiger partial charge in [-0.1, -0.05) is 44.2 Å². The molecular formula is C18H25ClN2OS. The topological polar surface area (TPSA) is 55.1 Å². The second-order valence-corrected chi connectivity index (χ2v) is 7.17. The lowest BCUT2D eigenvalue weighted by Crippen LogP contribution is -2.55. The summed E-state index contributed by atoms with van der Waals surface area (Å²) >= 11 is 1.55. The minimum Gasteiger partial charge on any atom is -0.349 e. The van der Waals surface area contributed by atoms with Gasteiger partial charge < -0.3 is 11.1 Å². The summed E-state index contributed by atoms with van der Waals surface area (Å²) in [6.45, 7) is 6.58. The molecule has 1 unspecified atom stereocenters. The zero-order valence-corrected chi connectivity index (χ0v) is 15.5. The Labute approximate surface area is 148 Å². The van der Waals surface area contributed by atoms with Crippen molar-refractivity contribution in [1.29, 1.82) is 0 Å². The van der Waals surface area contributed by atoms with E-state index in [1.165, 1.54) is 10.8 Å². The van der Waals surface area contributed by atoms with Crippen LogP contribution in [0.15, 0.2) is 47.4 Å². The normalized spacial score (nSPS) is 13.4. The Morgan fingerprint density at radius 3 is 2.48 bits per heavy atom. The molecule has 5 heteroatoms. The van der Waals surface area contributed by atoms with E-state index >= 15 is 0 Å². The third-order valence-corrected chi connectivity index (χ3v) is 5.21. The van der Waals surface area contributed by atoms with Crippen LogP contribution in [0.2, 0.25) is 0 Å². The summed E-state index contributed by atoms with van der Waals surface area (Å²) in [5.74, 6) is 0.729. The van der Waals surface area contributed by atoms with Crippen LogP contribution in [0.4, 0.5) is 0 Å². The van der Waals surface area contributed by atoms with E-state index in [0.29, 0.717) is 18.2 Å². The lowest BCUT2D eigenvalue weighted by Gasteiger charge is -2.33. The first-order valence-electron chi connectivity index (χ1n) is 7.57. The van der Waals surface area contributed by atoms with Crippen LogP contribution >= 0.6 is 24.2 Å². The molecule has 1 atom stereocenters. The number of nitrogens with two attached hydrogens (primary N) is 1. The van der Waals surface area contributed by atoms with Crippen LogP contribution in [0.3, 0.4) is 0 Å². The summed E-state index contributed by atoms with van der Waals surface area (Å²) in [5.41, 5.74) is 5.46. The molecule has 0 spiro atoms. The van der Waals surface area contributed by atoms with Crippen molar-refractivity contribution in [3.05, 3.63) is 42.5 Å². The Kier molecular flexibility index (Phi) is 7.39. The maximum Gasteiger partial charge on any atom is 0.230 e. The van der Waals surface area contributed by atoms with Crippen LogP contribution in [0.25, 0.3) is 10.8 Å². The number of carbonyl (C=O) groups is 1. The highest BCUT2D eigenvalue weighted by Crippen LogP contribution is 2.24. The van der Waals surface area contributed by atoms with E-state index in [1.807, 2.05) is 19.1 Å². The number of nitrogens with one attached hydrogen (secondary N) is 1. The first-order chi connectivity index (χ1) is 10.4.